The van der Waals surface area contributed by atoms with Crippen molar-refractivity contribution in [2.24, 2.45) is 0 Å². The van der Waals surface area contributed by atoms with Crippen LogP contribution >= 0.6 is 34.8 Å². The molecule has 1 N–H and O–H groups in total. The molecule has 0 saturated heterocycles. The molecule has 2 aromatic carbocycles. The summed E-state index contributed by atoms with van der Waals surface area (Å²) in [4.78, 5) is 27.5. The third-order valence-corrected chi connectivity index (χ3v) is 6.38. The van der Waals surface area contributed by atoms with Gasteiger partial charge in [-0.25, -0.2) is 0 Å². The van der Waals surface area contributed by atoms with Crippen LogP contribution in [-0.4, -0.2) is 35.9 Å². The minimum Gasteiger partial charge on any atom is -0.484 e. The fourth-order valence-electron chi connectivity index (χ4n) is 3.34. The molecule has 0 spiro atoms. The average molecular weight is 500 g/mol. The number of amides is 2. The molecule has 0 heterocycles. The van der Waals surface area contributed by atoms with Gasteiger partial charge < -0.3 is 15.0 Å². The second kappa shape index (κ2) is 12.3. The molecule has 2 rings (SSSR count). The Balaban J connectivity index is 2.25. The summed E-state index contributed by atoms with van der Waals surface area (Å²) in [5.41, 5.74) is 2.51. The topological polar surface area (TPSA) is 58.6 Å². The Morgan fingerprint density at radius 3 is 2.25 bits per heavy atom. The highest BCUT2D eigenvalue weighted by Crippen LogP contribution is 2.27. The Bertz CT molecular complexity index is 942. The number of halogens is 3. The number of carbonyl (C=O) groups is 2. The van der Waals surface area contributed by atoms with Gasteiger partial charge >= 0.3 is 0 Å². The minimum atomic E-state index is -0.638. The van der Waals surface area contributed by atoms with E-state index in [1.54, 1.807) is 30.3 Å². The number of aryl methyl sites for hydroxylation is 2. The van der Waals surface area contributed by atoms with Crippen LogP contribution in [0.1, 0.15) is 43.4 Å². The monoisotopic (exact) mass is 498 g/mol. The number of rotatable bonds is 10. The van der Waals surface area contributed by atoms with E-state index >= 15 is 0 Å². The van der Waals surface area contributed by atoms with Crippen LogP contribution in [0.5, 0.6) is 5.75 Å². The first-order valence-electron chi connectivity index (χ1n) is 10.6. The van der Waals surface area contributed by atoms with Gasteiger partial charge in [-0.05, 0) is 67.6 Å². The van der Waals surface area contributed by atoms with Crippen LogP contribution in [0.2, 0.25) is 15.1 Å². The second-order valence-corrected chi connectivity index (χ2v) is 8.84. The molecular formula is C24H29Cl3N2O3. The van der Waals surface area contributed by atoms with Crippen molar-refractivity contribution in [3.8, 4) is 5.75 Å². The van der Waals surface area contributed by atoms with Gasteiger partial charge in [-0.3, -0.25) is 9.59 Å². The van der Waals surface area contributed by atoms with Gasteiger partial charge in [0, 0.05) is 18.1 Å². The first kappa shape index (κ1) is 26.3. The van der Waals surface area contributed by atoms with E-state index in [0.717, 1.165) is 23.1 Å². The molecule has 8 heteroatoms. The fraction of sp³-hybridized carbons (Fsp3) is 0.417. The normalized spacial score (nSPS) is 11.7. The first-order chi connectivity index (χ1) is 15.2. The fourth-order valence-corrected chi connectivity index (χ4v) is 3.77. The highest BCUT2D eigenvalue weighted by atomic mass is 35.5. The summed E-state index contributed by atoms with van der Waals surface area (Å²) in [7, 11) is 0. The molecule has 174 valence electrons. The molecule has 0 unspecified atom stereocenters. The van der Waals surface area contributed by atoms with Gasteiger partial charge in [0.1, 0.15) is 11.8 Å². The van der Waals surface area contributed by atoms with Crippen LogP contribution in [0.15, 0.2) is 30.3 Å². The van der Waals surface area contributed by atoms with E-state index < -0.39 is 6.04 Å². The number of hydrogen-bond acceptors (Lipinski definition) is 3. The predicted octanol–water partition coefficient (Wildman–Crippen LogP) is 5.98. The molecule has 0 bridgehead atoms. The number of hydrogen-bond donors (Lipinski definition) is 1. The van der Waals surface area contributed by atoms with Gasteiger partial charge in [0.15, 0.2) is 6.61 Å². The third-order valence-electron chi connectivity index (χ3n) is 5.04. The zero-order valence-corrected chi connectivity index (χ0v) is 21.1. The van der Waals surface area contributed by atoms with Gasteiger partial charge in [0.2, 0.25) is 5.91 Å². The zero-order chi connectivity index (χ0) is 23.8. The van der Waals surface area contributed by atoms with E-state index in [-0.39, 0.29) is 25.0 Å². The SMILES string of the molecule is CCCNC(=O)[C@@H](CC)N(Cc1ccc(Cl)c(Cl)c1)C(=O)COc1cc(C)c(Cl)c(C)c1. The van der Waals surface area contributed by atoms with Gasteiger partial charge in [-0.15, -0.1) is 0 Å². The molecular weight excluding hydrogens is 471 g/mol. The molecule has 0 fully saturated rings. The van der Waals surface area contributed by atoms with Crippen LogP contribution in [0, 0.1) is 13.8 Å². The molecule has 0 aliphatic rings. The molecule has 0 radical (unpaired) electrons. The van der Waals surface area contributed by atoms with Gasteiger partial charge in [0.25, 0.3) is 5.91 Å². The molecule has 2 amide bonds. The summed E-state index contributed by atoms with van der Waals surface area (Å²) < 4.78 is 5.77. The second-order valence-electron chi connectivity index (χ2n) is 7.64. The molecule has 0 aliphatic carbocycles. The first-order valence-corrected chi connectivity index (χ1v) is 11.7. The summed E-state index contributed by atoms with van der Waals surface area (Å²) in [5, 5.41) is 4.38. The number of nitrogens with one attached hydrogen (secondary N) is 1. The Hall–Kier alpha value is -1.95. The van der Waals surface area contributed by atoms with Crippen molar-refractivity contribution in [1.29, 1.82) is 0 Å². The summed E-state index contributed by atoms with van der Waals surface area (Å²) >= 11 is 18.4. The number of nitrogens with zero attached hydrogens (tertiary/aromatic N) is 1. The van der Waals surface area contributed by atoms with Gasteiger partial charge in [-0.1, -0.05) is 54.7 Å². The number of ether oxygens (including phenoxy) is 1. The third kappa shape index (κ3) is 7.03. The van der Waals surface area contributed by atoms with E-state index in [2.05, 4.69) is 5.32 Å². The predicted molar refractivity (Wildman–Crippen MR) is 131 cm³/mol. The summed E-state index contributed by atoms with van der Waals surface area (Å²) in [6.45, 7) is 8.15. The largest absolute Gasteiger partial charge is 0.484 e. The molecule has 5 nitrogen and oxygen atoms in total. The Kier molecular flexibility index (Phi) is 10.1. The Labute approximate surface area is 205 Å². The lowest BCUT2D eigenvalue weighted by atomic mass is 10.1. The summed E-state index contributed by atoms with van der Waals surface area (Å²) in [6, 6.07) is 8.11. The van der Waals surface area contributed by atoms with E-state index in [1.165, 1.54) is 4.90 Å². The van der Waals surface area contributed by atoms with Crippen molar-refractivity contribution in [2.45, 2.75) is 53.1 Å². The summed E-state index contributed by atoms with van der Waals surface area (Å²) in [5.74, 6) is 0.0523. The van der Waals surface area contributed by atoms with E-state index in [9.17, 15) is 9.59 Å². The lowest BCUT2D eigenvalue weighted by Crippen LogP contribution is -2.50. The molecule has 1 atom stereocenters. The molecule has 32 heavy (non-hydrogen) atoms. The lowest BCUT2D eigenvalue weighted by molar-refractivity contribution is -0.143. The van der Waals surface area contributed by atoms with Crippen molar-refractivity contribution in [3.63, 3.8) is 0 Å². The van der Waals surface area contributed by atoms with E-state index in [4.69, 9.17) is 39.5 Å². The number of carbonyl (C=O) groups excluding carboxylic acids is 2. The van der Waals surface area contributed by atoms with Crippen molar-refractivity contribution >= 4 is 46.6 Å². The van der Waals surface area contributed by atoms with Gasteiger partial charge in [-0.2, -0.15) is 0 Å². The summed E-state index contributed by atoms with van der Waals surface area (Å²) in [6.07, 6.45) is 1.27. The van der Waals surface area contributed by atoms with Crippen molar-refractivity contribution in [1.82, 2.24) is 10.2 Å². The van der Waals surface area contributed by atoms with Gasteiger partial charge in [0.05, 0.1) is 10.0 Å². The molecule has 0 aromatic heterocycles. The van der Waals surface area contributed by atoms with Crippen LogP contribution in [0.4, 0.5) is 0 Å². The van der Waals surface area contributed by atoms with Crippen LogP contribution in [-0.2, 0) is 16.1 Å². The van der Waals surface area contributed by atoms with Crippen LogP contribution in [0.25, 0.3) is 0 Å². The standard InChI is InChI=1S/C24H29Cl3N2O3/c1-5-9-28-24(31)21(6-2)29(13-17-7-8-19(25)20(26)12-17)22(30)14-32-18-10-15(3)23(27)16(4)11-18/h7-8,10-12,21H,5-6,9,13-14H2,1-4H3,(H,28,31)/t21-/m1/s1. The Morgan fingerprint density at radius 2 is 1.69 bits per heavy atom. The van der Waals surface area contributed by atoms with Crippen molar-refractivity contribution in [2.75, 3.05) is 13.2 Å². The molecule has 0 aliphatic heterocycles. The highest BCUT2D eigenvalue weighted by molar-refractivity contribution is 6.42. The quantitative estimate of drug-likeness (QED) is 0.438. The smallest absolute Gasteiger partial charge is 0.261 e. The molecule has 2 aromatic rings. The zero-order valence-electron chi connectivity index (χ0n) is 18.8. The highest BCUT2D eigenvalue weighted by Gasteiger charge is 2.29. The maximum atomic E-state index is 13.2. The molecule has 0 saturated carbocycles. The average Bonchev–Trinajstić information content (AvgIpc) is 2.76. The van der Waals surface area contributed by atoms with Crippen LogP contribution < -0.4 is 10.1 Å². The van der Waals surface area contributed by atoms with E-state index in [0.29, 0.717) is 33.8 Å². The lowest BCUT2D eigenvalue weighted by Gasteiger charge is -2.30. The number of benzene rings is 2. The van der Waals surface area contributed by atoms with Crippen LogP contribution in [0.3, 0.4) is 0 Å². The van der Waals surface area contributed by atoms with Crippen molar-refractivity contribution in [3.05, 3.63) is 62.1 Å². The Morgan fingerprint density at radius 1 is 1.03 bits per heavy atom. The van der Waals surface area contributed by atoms with E-state index in [1.807, 2.05) is 27.7 Å². The maximum Gasteiger partial charge on any atom is 0.261 e. The maximum absolute atomic E-state index is 13.2. The minimum absolute atomic E-state index is 0.194. The van der Waals surface area contributed by atoms with Crippen molar-refractivity contribution < 1.29 is 14.3 Å².